The summed E-state index contributed by atoms with van der Waals surface area (Å²) in [5.41, 5.74) is 8.04. The van der Waals surface area contributed by atoms with Gasteiger partial charge in [0, 0.05) is 6.54 Å². The van der Waals surface area contributed by atoms with E-state index >= 15 is 0 Å². The van der Waals surface area contributed by atoms with E-state index in [-0.39, 0.29) is 6.10 Å². The van der Waals surface area contributed by atoms with E-state index in [2.05, 4.69) is 26.8 Å². The highest BCUT2D eigenvalue weighted by Crippen LogP contribution is 2.17. The Kier molecular flexibility index (Phi) is 3.96. The van der Waals surface area contributed by atoms with Crippen LogP contribution in [0, 0.1) is 13.8 Å². The highest BCUT2D eigenvalue weighted by atomic mass is 16.5. The van der Waals surface area contributed by atoms with Gasteiger partial charge in [-0.2, -0.15) is 0 Å². The van der Waals surface area contributed by atoms with Crippen molar-refractivity contribution in [3.63, 3.8) is 0 Å². The summed E-state index contributed by atoms with van der Waals surface area (Å²) in [6.07, 6.45) is 1.08. The van der Waals surface area contributed by atoms with E-state index in [9.17, 15) is 0 Å². The Hall–Kier alpha value is -1.02. The van der Waals surface area contributed by atoms with E-state index in [4.69, 9.17) is 10.5 Å². The lowest BCUT2D eigenvalue weighted by Gasteiger charge is -2.16. The van der Waals surface area contributed by atoms with Gasteiger partial charge in [0.05, 0.1) is 0 Å². The first-order chi connectivity index (χ1) is 6.65. The van der Waals surface area contributed by atoms with Crippen LogP contribution in [-0.2, 0) is 0 Å². The molecule has 0 bridgehead atoms. The molecule has 0 aromatic heterocycles. The molecule has 0 heterocycles. The van der Waals surface area contributed by atoms with Gasteiger partial charge in [-0.1, -0.05) is 13.0 Å². The molecule has 1 unspecified atom stereocenters. The highest BCUT2D eigenvalue weighted by molar-refractivity contribution is 5.33. The Labute approximate surface area is 86.1 Å². The van der Waals surface area contributed by atoms with Crippen LogP contribution >= 0.6 is 0 Å². The van der Waals surface area contributed by atoms with Crippen molar-refractivity contribution >= 4 is 0 Å². The van der Waals surface area contributed by atoms with E-state index in [1.165, 1.54) is 11.1 Å². The number of benzene rings is 1. The van der Waals surface area contributed by atoms with Crippen LogP contribution < -0.4 is 10.5 Å². The number of ether oxygens (including phenoxy) is 1. The van der Waals surface area contributed by atoms with Crippen LogP contribution in [0.25, 0.3) is 0 Å². The minimum absolute atomic E-state index is 0.135. The molecule has 0 radical (unpaired) electrons. The normalized spacial score (nSPS) is 12.6. The van der Waals surface area contributed by atoms with E-state index in [1.807, 2.05) is 12.1 Å². The number of rotatable bonds is 4. The van der Waals surface area contributed by atoms with E-state index < -0.39 is 0 Å². The molecule has 1 atom stereocenters. The Bertz CT molecular complexity index is 272. The Balaban J connectivity index is 2.75. The van der Waals surface area contributed by atoms with E-state index in [0.717, 1.165) is 12.2 Å². The maximum absolute atomic E-state index is 5.75. The largest absolute Gasteiger partial charge is 0.489 e. The molecule has 2 nitrogen and oxygen atoms in total. The maximum atomic E-state index is 5.75. The molecule has 78 valence electrons. The van der Waals surface area contributed by atoms with Crippen molar-refractivity contribution in [1.82, 2.24) is 0 Å². The third kappa shape index (κ3) is 3.04. The maximum Gasteiger partial charge on any atom is 0.120 e. The second-order valence-electron chi connectivity index (χ2n) is 3.71. The summed E-state index contributed by atoms with van der Waals surface area (Å²) >= 11 is 0. The fraction of sp³-hybridized carbons (Fsp3) is 0.500. The summed E-state index contributed by atoms with van der Waals surface area (Å²) in [4.78, 5) is 0. The molecule has 1 rings (SSSR count). The lowest BCUT2D eigenvalue weighted by Crippen LogP contribution is -2.25. The lowest BCUT2D eigenvalue weighted by atomic mass is 10.1. The van der Waals surface area contributed by atoms with Crippen LogP contribution in [0.3, 0.4) is 0 Å². The topological polar surface area (TPSA) is 35.2 Å². The second-order valence-corrected chi connectivity index (χ2v) is 3.71. The second kappa shape index (κ2) is 5.01. The van der Waals surface area contributed by atoms with Crippen molar-refractivity contribution in [2.75, 3.05) is 6.54 Å². The molecular formula is C12H19NO. The fourth-order valence-corrected chi connectivity index (χ4v) is 1.49. The van der Waals surface area contributed by atoms with Crippen LogP contribution in [0.15, 0.2) is 18.2 Å². The van der Waals surface area contributed by atoms with Gasteiger partial charge in [-0.3, -0.25) is 0 Å². The lowest BCUT2D eigenvalue weighted by molar-refractivity contribution is 0.205. The minimum atomic E-state index is 0.135. The molecule has 0 aliphatic rings. The highest BCUT2D eigenvalue weighted by Gasteiger charge is 2.05. The average Bonchev–Trinajstić information content (AvgIpc) is 2.12. The van der Waals surface area contributed by atoms with Gasteiger partial charge in [0.25, 0.3) is 0 Å². The van der Waals surface area contributed by atoms with Gasteiger partial charge in [0.15, 0.2) is 0 Å². The number of hydrogen-bond donors (Lipinski definition) is 1. The van der Waals surface area contributed by atoms with Gasteiger partial charge >= 0.3 is 0 Å². The van der Waals surface area contributed by atoms with Crippen LogP contribution in [0.5, 0.6) is 5.75 Å². The molecule has 1 aromatic rings. The molecule has 0 saturated heterocycles. The van der Waals surface area contributed by atoms with Gasteiger partial charge in [-0.15, -0.1) is 0 Å². The zero-order valence-corrected chi connectivity index (χ0v) is 9.21. The van der Waals surface area contributed by atoms with Gasteiger partial charge in [0.2, 0.25) is 0 Å². The van der Waals surface area contributed by atoms with Crippen molar-refractivity contribution in [1.29, 1.82) is 0 Å². The number of nitrogens with two attached hydrogens (primary N) is 1. The molecule has 0 saturated carbocycles. The summed E-state index contributed by atoms with van der Waals surface area (Å²) < 4.78 is 5.75. The molecule has 0 aliphatic heterocycles. The van der Waals surface area contributed by atoms with Crippen molar-refractivity contribution in [3.8, 4) is 5.75 Å². The predicted octanol–water partition coefficient (Wildman–Crippen LogP) is 2.42. The van der Waals surface area contributed by atoms with Gasteiger partial charge in [0.1, 0.15) is 11.9 Å². The zero-order valence-electron chi connectivity index (χ0n) is 9.21. The predicted molar refractivity (Wildman–Crippen MR) is 59.7 cm³/mol. The molecule has 0 amide bonds. The first-order valence-electron chi connectivity index (χ1n) is 5.10. The first-order valence-corrected chi connectivity index (χ1v) is 5.10. The summed E-state index contributed by atoms with van der Waals surface area (Å²) in [6.45, 7) is 6.80. The third-order valence-electron chi connectivity index (χ3n) is 2.22. The molecular weight excluding hydrogens is 174 g/mol. The summed E-state index contributed by atoms with van der Waals surface area (Å²) in [5.74, 6) is 0.930. The first kappa shape index (κ1) is 11.1. The number of aryl methyl sites for hydroxylation is 2. The number of hydrogen-bond acceptors (Lipinski definition) is 2. The van der Waals surface area contributed by atoms with E-state index in [0.29, 0.717) is 6.54 Å². The average molecular weight is 193 g/mol. The Morgan fingerprint density at radius 2 is 1.79 bits per heavy atom. The van der Waals surface area contributed by atoms with Crippen molar-refractivity contribution in [2.24, 2.45) is 5.73 Å². The quantitative estimate of drug-likeness (QED) is 0.797. The van der Waals surface area contributed by atoms with Crippen molar-refractivity contribution < 1.29 is 4.74 Å². The molecule has 0 fully saturated rings. The molecule has 1 aromatic carbocycles. The van der Waals surface area contributed by atoms with Crippen LogP contribution in [0.2, 0.25) is 0 Å². The van der Waals surface area contributed by atoms with Crippen molar-refractivity contribution in [2.45, 2.75) is 33.3 Å². The van der Waals surface area contributed by atoms with Gasteiger partial charge in [-0.25, -0.2) is 0 Å². The molecule has 0 aliphatic carbocycles. The monoisotopic (exact) mass is 193 g/mol. The molecule has 2 N–H and O–H groups in total. The smallest absolute Gasteiger partial charge is 0.120 e. The molecule has 2 heteroatoms. The Morgan fingerprint density at radius 1 is 1.21 bits per heavy atom. The summed E-state index contributed by atoms with van der Waals surface area (Å²) in [7, 11) is 0. The third-order valence-corrected chi connectivity index (χ3v) is 2.22. The van der Waals surface area contributed by atoms with Crippen LogP contribution in [-0.4, -0.2) is 12.6 Å². The SMILES string of the molecule is CCC(CN)Oc1cc(C)cc(C)c1. The van der Waals surface area contributed by atoms with Gasteiger partial charge in [-0.05, 0) is 43.5 Å². The molecule has 0 spiro atoms. The van der Waals surface area contributed by atoms with E-state index in [1.54, 1.807) is 0 Å². The summed E-state index contributed by atoms with van der Waals surface area (Å²) in [5, 5.41) is 0. The fourth-order valence-electron chi connectivity index (χ4n) is 1.49. The van der Waals surface area contributed by atoms with Crippen LogP contribution in [0.4, 0.5) is 0 Å². The summed E-state index contributed by atoms with van der Waals surface area (Å²) in [6, 6.07) is 6.23. The van der Waals surface area contributed by atoms with Crippen molar-refractivity contribution in [3.05, 3.63) is 29.3 Å². The van der Waals surface area contributed by atoms with Gasteiger partial charge < -0.3 is 10.5 Å². The van der Waals surface area contributed by atoms with Crippen LogP contribution in [0.1, 0.15) is 24.5 Å². The molecule has 14 heavy (non-hydrogen) atoms. The standard InChI is InChI=1S/C12H19NO/c1-4-11(8-13)14-12-6-9(2)5-10(3)7-12/h5-7,11H,4,8,13H2,1-3H3. The Morgan fingerprint density at radius 3 is 2.21 bits per heavy atom. The minimum Gasteiger partial charge on any atom is -0.489 e. The zero-order chi connectivity index (χ0) is 10.6.